The summed E-state index contributed by atoms with van der Waals surface area (Å²) in [6.45, 7) is 0.559. The van der Waals surface area contributed by atoms with Gasteiger partial charge in [0.1, 0.15) is 0 Å². The van der Waals surface area contributed by atoms with Gasteiger partial charge in [0.25, 0.3) is 5.69 Å². The van der Waals surface area contributed by atoms with Crippen molar-refractivity contribution in [3.05, 3.63) is 94.8 Å². The highest BCUT2D eigenvalue weighted by Gasteiger charge is 2.17. The maximum atomic E-state index is 12.2. The Bertz CT molecular complexity index is 1260. The number of nitrogens with one attached hydrogen (secondary N) is 1. The van der Waals surface area contributed by atoms with Crippen LogP contribution < -0.4 is 5.32 Å². The number of benzene rings is 2. The number of nitro benzene ring substituents is 1. The van der Waals surface area contributed by atoms with Crippen LogP contribution in [-0.2, 0) is 11.2 Å². The van der Waals surface area contributed by atoms with Crippen molar-refractivity contribution < 1.29 is 9.72 Å². The Kier molecular flexibility index (Phi) is 8.18. The molecule has 0 spiro atoms. The normalized spacial score (nSPS) is 10.7. The Hall–Kier alpha value is -4.05. The van der Waals surface area contributed by atoms with E-state index in [1.165, 1.54) is 23.9 Å². The van der Waals surface area contributed by atoms with E-state index in [0.29, 0.717) is 42.5 Å². The molecule has 10 heteroatoms. The molecule has 0 aliphatic carbocycles. The number of rotatable bonds is 11. The van der Waals surface area contributed by atoms with Crippen molar-refractivity contribution in [1.29, 1.82) is 0 Å². The number of carbonyl (C=O) groups is 1. The highest BCUT2D eigenvalue weighted by molar-refractivity contribution is 7.99. The molecule has 0 radical (unpaired) electrons. The molecule has 0 aliphatic rings. The van der Waals surface area contributed by atoms with Crippen LogP contribution in [0.25, 0.3) is 17.1 Å². The molecule has 0 atom stereocenters. The first kappa shape index (κ1) is 24.1. The third-order valence-corrected chi connectivity index (χ3v) is 6.21. The number of non-ortho nitro benzene ring substituents is 1. The molecule has 0 unspecified atom stereocenters. The summed E-state index contributed by atoms with van der Waals surface area (Å²) in [5.74, 6) is 1.30. The molecule has 9 nitrogen and oxygen atoms in total. The Morgan fingerprint density at radius 1 is 1.00 bits per heavy atom. The minimum Gasteiger partial charge on any atom is -0.356 e. The number of hydrogen-bond donors (Lipinski definition) is 1. The number of nitro groups is 1. The summed E-state index contributed by atoms with van der Waals surface area (Å²) >= 11 is 1.52. The summed E-state index contributed by atoms with van der Waals surface area (Å²) < 4.78 is 1.93. The summed E-state index contributed by atoms with van der Waals surface area (Å²) in [5.41, 5.74) is 2.59. The summed E-state index contributed by atoms with van der Waals surface area (Å²) in [6.07, 6.45) is 3.56. The third-order valence-electron chi connectivity index (χ3n) is 5.19. The zero-order chi connectivity index (χ0) is 24.5. The maximum absolute atomic E-state index is 12.2. The second-order valence-corrected chi connectivity index (χ2v) is 8.72. The van der Waals surface area contributed by atoms with Gasteiger partial charge in [0, 0.05) is 60.4 Å². The van der Waals surface area contributed by atoms with Crippen molar-refractivity contribution in [1.82, 2.24) is 25.1 Å². The van der Waals surface area contributed by atoms with Gasteiger partial charge in [-0.2, -0.15) is 0 Å². The van der Waals surface area contributed by atoms with Crippen LogP contribution in [0, 0.1) is 10.1 Å². The zero-order valence-corrected chi connectivity index (χ0v) is 19.7. The molecule has 0 fully saturated rings. The van der Waals surface area contributed by atoms with Gasteiger partial charge in [0.15, 0.2) is 11.0 Å². The first-order chi connectivity index (χ1) is 17.1. The number of para-hydroxylation sites is 1. The van der Waals surface area contributed by atoms with Gasteiger partial charge in [0.05, 0.1) is 4.92 Å². The van der Waals surface area contributed by atoms with Gasteiger partial charge in [-0.1, -0.05) is 36.0 Å². The van der Waals surface area contributed by atoms with Crippen LogP contribution in [0.1, 0.15) is 18.5 Å². The van der Waals surface area contributed by atoms with Crippen LogP contribution in [0.15, 0.2) is 84.1 Å². The smallest absolute Gasteiger partial charge is 0.269 e. The molecule has 1 amide bonds. The molecule has 2 aromatic heterocycles. The van der Waals surface area contributed by atoms with Crippen LogP contribution in [0.5, 0.6) is 0 Å². The Balaban J connectivity index is 1.37. The molecule has 0 bridgehead atoms. The van der Waals surface area contributed by atoms with Crippen LogP contribution in [0.2, 0.25) is 0 Å². The first-order valence-electron chi connectivity index (χ1n) is 11.2. The van der Waals surface area contributed by atoms with Crippen molar-refractivity contribution in [3.8, 4) is 17.1 Å². The predicted molar refractivity (Wildman–Crippen MR) is 134 cm³/mol. The van der Waals surface area contributed by atoms with Crippen molar-refractivity contribution in [2.24, 2.45) is 0 Å². The molecule has 178 valence electrons. The molecular formula is C25H24N6O3S. The fourth-order valence-corrected chi connectivity index (χ4v) is 4.34. The fraction of sp³-hybridized carbons (Fsp3) is 0.200. The van der Waals surface area contributed by atoms with Crippen molar-refractivity contribution in [2.75, 3.05) is 12.3 Å². The molecule has 0 aliphatic heterocycles. The predicted octanol–water partition coefficient (Wildman–Crippen LogP) is 4.47. The molecule has 2 heterocycles. The monoisotopic (exact) mass is 488 g/mol. The van der Waals surface area contributed by atoms with Gasteiger partial charge in [-0.25, -0.2) is 0 Å². The summed E-state index contributed by atoms with van der Waals surface area (Å²) in [6, 6.07) is 21.7. The summed E-state index contributed by atoms with van der Waals surface area (Å²) in [4.78, 5) is 27.0. The van der Waals surface area contributed by atoms with Gasteiger partial charge < -0.3 is 5.32 Å². The van der Waals surface area contributed by atoms with Crippen molar-refractivity contribution >= 4 is 23.4 Å². The second kappa shape index (κ2) is 11.9. The lowest BCUT2D eigenvalue weighted by Gasteiger charge is -2.10. The highest BCUT2D eigenvalue weighted by Crippen LogP contribution is 2.29. The molecule has 0 saturated carbocycles. The number of amides is 1. The average molecular weight is 489 g/mol. The fourth-order valence-electron chi connectivity index (χ4n) is 3.45. The largest absolute Gasteiger partial charge is 0.356 e. The number of aromatic nitrogens is 4. The van der Waals surface area contributed by atoms with Crippen LogP contribution in [0.4, 0.5) is 5.69 Å². The lowest BCUT2D eigenvalue weighted by molar-refractivity contribution is -0.384. The van der Waals surface area contributed by atoms with Crippen molar-refractivity contribution in [3.63, 3.8) is 0 Å². The second-order valence-electron chi connectivity index (χ2n) is 7.65. The lowest BCUT2D eigenvalue weighted by atomic mass is 10.2. The van der Waals surface area contributed by atoms with E-state index in [0.717, 1.165) is 16.9 Å². The Morgan fingerprint density at radius 2 is 1.77 bits per heavy atom. The standard InChI is InChI=1S/C25H24N6O3S/c32-23(27-17-15-20-7-4-5-16-26-20)10-6-18-35-25-29-28-24(30(25)21-8-2-1-3-9-21)19-11-13-22(14-12-19)31(33)34/h1-5,7-9,11-14,16H,6,10,15,17-18H2,(H,27,32). The minimum absolute atomic E-state index is 0.0117. The molecule has 2 aromatic carbocycles. The van der Waals surface area contributed by atoms with Gasteiger partial charge in [-0.15, -0.1) is 10.2 Å². The quantitative estimate of drug-likeness (QED) is 0.143. The van der Waals surface area contributed by atoms with E-state index in [-0.39, 0.29) is 11.6 Å². The Morgan fingerprint density at radius 3 is 2.49 bits per heavy atom. The molecule has 4 rings (SSSR count). The lowest BCUT2D eigenvalue weighted by Crippen LogP contribution is -2.25. The van der Waals surface area contributed by atoms with Gasteiger partial charge in [-0.05, 0) is 42.8 Å². The van der Waals surface area contributed by atoms with E-state index in [1.807, 2.05) is 53.1 Å². The van der Waals surface area contributed by atoms with E-state index < -0.39 is 4.92 Å². The number of thioether (sulfide) groups is 1. The van der Waals surface area contributed by atoms with E-state index >= 15 is 0 Å². The van der Waals surface area contributed by atoms with Crippen LogP contribution in [0.3, 0.4) is 0 Å². The molecule has 0 saturated heterocycles. The Labute approximate surface area is 206 Å². The SMILES string of the molecule is O=C(CCCSc1nnc(-c2ccc([N+](=O)[O-])cc2)n1-c1ccccc1)NCCc1ccccn1. The molecule has 35 heavy (non-hydrogen) atoms. The molecular weight excluding hydrogens is 464 g/mol. The van der Waals surface area contributed by atoms with E-state index in [4.69, 9.17) is 0 Å². The zero-order valence-electron chi connectivity index (χ0n) is 18.9. The minimum atomic E-state index is -0.429. The van der Waals surface area contributed by atoms with Crippen LogP contribution >= 0.6 is 11.8 Å². The van der Waals surface area contributed by atoms with E-state index in [2.05, 4.69) is 20.5 Å². The number of hydrogen-bond acceptors (Lipinski definition) is 7. The topological polar surface area (TPSA) is 116 Å². The summed E-state index contributed by atoms with van der Waals surface area (Å²) in [7, 11) is 0. The average Bonchev–Trinajstić information content (AvgIpc) is 3.32. The maximum Gasteiger partial charge on any atom is 0.269 e. The third kappa shape index (κ3) is 6.51. The molecule has 1 N–H and O–H groups in total. The number of nitrogens with zero attached hydrogens (tertiary/aromatic N) is 5. The highest BCUT2D eigenvalue weighted by atomic mass is 32.2. The number of pyridine rings is 1. The van der Waals surface area contributed by atoms with Gasteiger partial charge in [0.2, 0.25) is 5.91 Å². The van der Waals surface area contributed by atoms with Crippen LogP contribution in [-0.4, -0.2) is 42.9 Å². The van der Waals surface area contributed by atoms with E-state index in [9.17, 15) is 14.9 Å². The molecule has 4 aromatic rings. The van der Waals surface area contributed by atoms with Gasteiger partial charge >= 0.3 is 0 Å². The van der Waals surface area contributed by atoms with Gasteiger partial charge in [-0.3, -0.25) is 24.5 Å². The van der Waals surface area contributed by atoms with Crippen molar-refractivity contribution in [2.45, 2.75) is 24.4 Å². The summed E-state index contributed by atoms with van der Waals surface area (Å²) in [5, 5.41) is 23.3. The number of carbonyl (C=O) groups excluding carboxylic acids is 1. The van der Waals surface area contributed by atoms with E-state index in [1.54, 1.807) is 18.3 Å². The first-order valence-corrected chi connectivity index (χ1v) is 12.2.